The Hall–Kier alpha value is -1.58. The fourth-order valence-electron chi connectivity index (χ4n) is 1.41. The van der Waals surface area contributed by atoms with Crippen molar-refractivity contribution < 1.29 is 9.18 Å². The molecule has 1 N–H and O–H groups in total. The lowest BCUT2D eigenvalue weighted by atomic mass is 10.3. The van der Waals surface area contributed by atoms with Crippen molar-refractivity contribution >= 4 is 11.7 Å². The molecule has 3 nitrogen and oxygen atoms in total. The lowest BCUT2D eigenvalue weighted by molar-refractivity contribution is 0.220. The third kappa shape index (κ3) is 2.46. The molecule has 0 saturated heterocycles. The van der Waals surface area contributed by atoms with Crippen LogP contribution in [-0.4, -0.2) is 24.0 Å². The van der Waals surface area contributed by atoms with Crippen molar-refractivity contribution in [2.45, 2.75) is 18.9 Å². The molecule has 0 aliphatic heterocycles. The predicted molar refractivity (Wildman–Crippen MR) is 56.2 cm³/mol. The van der Waals surface area contributed by atoms with Gasteiger partial charge in [-0.3, -0.25) is 0 Å². The number of nitrogens with one attached hydrogen (secondary N) is 1. The number of amides is 2. The van der Waals surface area contributed by atoms with E-state index in [1.165, 1.54) is 12.1 Å². The molecule has 1 saturated carbocycles. The van der Waals surface area contributed by atoms with Crippen LogP contribution in [0.2, 0.25) is 0 Å². The van der Waals surface area contributed by atoms with E-state index < -0.39 is 0 Å². The standard InChI is InChI=1S/C11H13FN2O/c1-14(10-5-6-10)11(15)13-9-4-2-3-8(12)7-9/h2-4,7,10H,5-6H2,1H3,(H,13,15). The van der Waals surface area contributed by atoms with Crippen LogP contribution in [0, 0.1) is 5.82 Å². The maximum Gasteiger partial charge on any atom is 0.321 e. The van der Waals surface area contributed by atoms with Gasteiger partial charge in [0.2, 0.25) is 0 Å². The zero-order valence-electron chi connectivity index (χ0n) is 8.53. The molecule has 1 aromatic carbocycles. The van der Waals surface area contributed by atoms with E-state index >= 15 is 0 Å². The third-order valence-electron chi connectivity index (χ3n) is 2.49. The third-order valence-corrected chi connectivity index (χ3v) is 2.49. The van der Waals surface area contributed by atoms with Crippen molar-refractivity contribution in [3.8, 4) is 0 Å². The molecular weight excluding hydrogens is 195 g/mol. The summed E-state index contributed by atoms with van der Waals surface area (Å²) in [5, 5.41) is 2.65. The maximum absolute atomic E-state index is 12.8. The van der Waals surface area contributed by atoms with Gasteiger partial charge in [-0.1, -0.05) is 6.07 Å². The molecule has 1 aliphatic rings. The van der Waals surface area contributed by atoms with E-state index in [2.05, 4.69) is 5.32 Å². The molecule has 15 heavy (non-hydrogen) atoms. The van der Waals surface area contributed by atoms with E-state index in [0.717, 1.165) is 12.8 Å². The fourth-order valence-corrected chi connectivity index (χ4v) is 1.41. The van der Waals surface area contributed by atoms with Gasteiger partial charge in [0, 0.05) is 18.8 Å². The molecule has 0 spiro atoms. The van der Waals surface area contributed by atoms with Crippen molar-refractivity contribution in [3.05, 3.63) is 30.1 Å². The number of hydrogen-bond acceptors (Lipinski definition) is 1. The SMILES string of the molecule is CN(C(=O)Nc1cccc(F)c1)C1CC1. The number of rotatable bonds is 2. The zero-order valence-corrected chi connectivity index (χ0v) is 8.53. The Morgan fingerprint density at radius 3 is 2.87 bits per heavy atom. The van der Waals surface area contributed by atoms with Gasteiger partial charge in [-0.2, -0.15) is 0 Å². The van der Waals surface area contributed by atoms with Crippen LogP contribution in [0.4, 0.5) is 14.9 Å². The molecule has 1 aliphatic carbocycles. The molecule has 80 valence electrons. The molecule has 1 fully saturated rings. The monoisotopic (exact) mass is 208 g/mol. The van der Waals surface area contributed by atoms with Gasteiger partial charge >= 0.3 is 6.03 Å². The fraction of sp³-hybridized carbons (Fsp3) is 0.364. The molecule has 0 atom stereocenters. The first-order chi connectivity index (χ1) is 7.16. The Balaban J connectivity index is 1.98. The highest BCUT2D eigenvalue weighted by Crippen LogP contribution is 2.25. The van der Waals surface area contributed by atoms with Gasteiger partial charge in [0.1, 0.15) is 5.82 Å². The van der Waals surface area contributed by atoms with Crippen LogP contribution < -0.4 is 5.32 Å². The molecule has 0 radical (unpaired) electrons. The molecule has 0 bridgehead atoms. The Kier molecular flexibility index (Phi) is 2.58. The molecule has 0 heterocycles. The number of carbonyl (C=O) groups is 1. The van der Waals surface area contributed by atoms with Gasteiger partial charge in [-0.05, 0) is 31.0 Å². The van der Waals surface area contributed by atoms with Gasteiger partial charge in [-0.25, -0.2) is 9.18 Å². The van der Waals surface area contributed by atoms with Gasteiger partial charge in [0.25, 0.3) is 0 Å². The largest absolute Gasteiger partial charge is 0.325 e. The number of urea groups is 1. The smallest absolute Gasteiger partial charge is 0.321 e. The van der Waals surface area contributed by atoms with Crippen molar-refractivity contribution in [1.82, 2.24) is 4.90 Å². The lowest BCUT2D eigenvalue weighted by Gasteiger charge is -2.16. The quantitative estimate of drug-likeness (QED) is 0.795. The van der Waals surface area contributed by atoms with E-state index in [9.17, 15) is 9.18 Å². The summed E-state index contributed by atoms with van der Waals surface area (Å²) < 4.78 is 12.8. The highest BCUT2D eigenvalue weighted by molar-refractivity contribution is 5.89. The molecule has 1 aromatic rings. The number of nitrogens with zero attached hydrogens (tertiary/aromatic N) is 1. The van der Waals surface area contributed by atoms with E-state index in [4.69, 9.17) is 0 Å². The Morgan fingerprint density at radius 1 is 1.53 bits per heavy atom. The predicted octanol–water partition coefficient (Wildman–Crippen LogP) is 2.45. The summed E-state index contributed by atoms with van der Waals surface area (Å²) in [6, 6.07) is 6.07. The average molecular weight is 208 g/mol. The van der Waals surface area contributed by atoms with Crippen LogP contribution >= 0.6 is 0 Å². The minimum Gasteiger partial charge on any atom is -0.325 e. The van der Waals surface area contributed by atoms with E-state index in [0.29, 0.717) is 11.7 Å². The summed E-state index contributed by atoms with van der Waals surface area (Å²) >= 11 is 0. The normalized spacial score (nSPS) is 14.8. The van der Waals surface area contributed by atoms with E-state index in [1.54, 1.807) is 24.1 Å². The average Bonchev–Trinajstić information content (AvgIpc) is 2.99. The zero-order chi connectivity index (χ0) is 10.8. The van der Waals surface area contributed by atoms with Crippen LogP contribution in [0.3, 0.4) is 0 Å². The van der Waals surface area contributed by atoms with Crippen molar-refractivity contribution in [3.63, 3.8) is 0 Å². The molecule has 2 rings (SSSR count). The van der Waals surface area contributed by atoms with E-state index in [1.807, 2.05) is 0 Å². The topological polar surface area (TPSA) is 32.3 Å². The second-order valence-corrected chi connectivity index (χ2v) is 3.78. The summed E-state index contributed by atoms with van der Waals surface area (Å²) in [6.07, 6.45) is 2.13. The van der Waals surface area contributed by atoms with Crippen molar-refractivity contribution in [1.29, 1.82) is 0 Å². The summed E-state index contributed by atoms with van der Waals surface area (Å²) in [7, 11) is 1.76. The van der Waals surface area contributed by atoms with Gasteiger partial charge < -0.3 is 10.2 Å². The first-order valence-electron chi connectivity index (χ1n) is 4.96. The number of carbonyl (C=O) groups excluding carboxylic acids is 1. The lowest BCUT2D eigenvalue weighted by Crippen LogP contribution is -2.33. The van der Waals surface area contributed by atoms with Gasteiger partial charge in [0.15, 0.2) is 0 Å². The highest BCUT2D eigenvalue weighted by atomic mass is 19.1. The van der Waals surface area contributed by atoms with E-state index in [-0.39, 0.29) is 11.8 Å². The van der Waals surface area contributed by atoms with Gasteiger partial charge in [-0.15, -0.1) is 0 Å². The molecule has 4 heteroatoms. The molecule has 0 unspecified atom stereocenters. The van der Waals surface area contributed by atoms with Gasteiger partial charge in [0.05, 0.1) is 0 Å². The minimum atomic E-state index is -0.345. The van der Waals surface area contributed by atoms with Crippen LogP contribution in [0.1, 0.15) is 12.8 Å². The maximum atomic E-state index is 12.8. The van der Waals surface area contributed by atoms with Crippen LogP contribution in [-0.2, 0) is 0 Å². The molecular formula is C11H13FN2O. The minimum absolute atomic E-state index is 0.178. The number of hydrogen-bond donors (Lipinski definition) is 1. The Bertz CT molecular complexity index is 377. The summed E-state index contributed by atoms with van der Waals surface area (Å²) in [5.41, 5.74) is 0.493. The first-order valence-corrected chi connectivity index (χ1v) is 4.96. The Morgan fingerprint density at radius 2 is 2.27 bits per heavy atom. The number of anilines is 1. The molecule has 0 aromatic heterocycles. The number of halogens is 1. The van der Waals surface area contributed by atoms with Crippen LogP contribution in [0.15, 0.2) is 24.3 Å². The second-order valence-electron chi connectivity index (χ2n) is 3.78. The summed E-state index contributed by atoms with van der Waals surface area (Å²) in [6.45, 7) is 0. The summed E-state index contributed by atoms with van der Waals surface area (Å²) in [4.78, 5) is 13.3. The van der Waals surface area contributed by atoms with Crippen LogP contribution in [0.5, 0.6) is 0 Å². The summed E-state index contributed by atoms with van der Waals surface area (Å²) in [5.74, 6) is -0.345. The number of benzene rings is 1. The Labute approximate surface area is 87.9 Å². The van der Waals surface area contributed by atoms with Crippen molar-refractivity contribution in [2.75, 3.05) is 12.4 Å². The van der Waals surface area contributed by atoms with Crippen LogP contribution in [0.25, 0.3) is 0 Å². The van der Waals surface area contributed by atoms with Crippen molar-refractivity contribution in [2.24, 2.45) is 0 Å². The second kappa shape index (κ2) is 3.88. The molecule has 2 amide bonds. The highest BCUT2D eigenvalue weighted by Gasteiger charge is 2.29. The first kappa shape index (κ1) is 9.96.